The second-order valence-corrected chi connectivity index (χ2v) is 5.46. The van der Waals surface area contributed by atoms with Crippen molar-refractivity contribution in [2.45, 2.75) is 26.0 Å². The summed E-state index contributed by atoms with van der Waals surface area (Å²) in [4.78, 5) is 4.19. The first-order valence-electron chi connectivity index (χ1n) is 4.91. The molecule has 2 aromatic heterocycles. The zero-order valence-electron chi connectivity index (χ0n) is 8.96. The SMILES string of the molecule is CC(C)n1cc(C(O)c2nc(Br)cs2)cn1. The number of halogens is 1. The average molecular weight is 302 g/mol. The van der Waals surface area contributed by atoms with Gasteiger partial charge in [0.2, 0.25) is 0 Å². The molecule has 6 heteroatoms. The molecule has 0 radical (unpaired) electrons. The lowest BCUT2D eigenvalue weighted by molar-refractivity contribution is 0.219. The number of aliphatic hydroxyl groups excluding tert-OH is 1. The summed E-state index contributed by atoms with van der Waals surface area (Å²) >= 11 is 4.69. The van der Waals surface area contributed by atoms with Crippen LogP contribution in [0, 0.1) is 0 Å². The molecular formula is C10H12BrN3OS. The maximum absolute atomic E-state index is 10.1. The molecule has 0 aliphatic rings. The summed E-state index contributed by atoms with van der Waals surface area (Å²) in [5, 5.41) is 16.8. The van der Waals surface area contributed by atoms with Gasteiger partial charge in [0.1, 0.15) is 15.7 Å². The maximum atomic E-state index is 10.1. The van der Waals surface area contributed by atoms with Crippen molar-refractivity contribution in [3.63, 3.8) is 0 Å². The van der Waals surface area contributed by atoms with Crippen LogP contribution in [0.3, 0.4) is 0 Å². The smallest absolute Gasteiger partial charge is 0.134 e. The summed E-state index contributed by atoms with van der Waals surface area (Å²) in [6.07, 6.45) is 2.84. The molecule has 16 heavy (non-hydrogen) atoms. The summed E-state index contributed by atoms with van der Waals surface area (Å²) in [5.74, 6) is 0. The number of hydrogen-bond donors (Lipinski definition) is 1. The number of aliphatic hydroxyl groups is 1. The van der Waals surface area contributed by atoms with Gasteiger partial charge < -0.3 is 5.11 Å². The fourth-order valence-electron chi connectivity index (χ4n) is 1.31. The van der Waals surface area contributed by atoms with Crippen LogP contribution >= 0.6 is 27.3 Å². The molecule has 0 amide bonds. The van der Waals surface area contributed by atoms with Gasteiger partial charge in [-0.1, -0.05) is 0 Å². The topological polar surface area (TPSA) is 50.9 Å². The summed E-state index contributed by atoms with van der Waals surface area (Å²) in [6.45, 7) is 4.09. The minimum atomic E-state index is -0.691. The Morgan fingerprint density at radius 3 is 2.75 bits per heavy atom. The molecule has 2 aromatic rings. The van der Waals surface area contributed by atoms with Crippen LogP contribution in [0.2, 0.25) is 0 Å². The van der Waals surface area contributed by atoms with E-state index in [1.54, 1.807) is 6.20 Å². The standard InChI is InChI=1S/C10H12BrN3OS/c1-6(2)14-4-7(3-12-14)9(15)10-13-8(11)5-16-10/h3-6,9,15H,1-2H3. The minimum absolute atomic E-state index is 0.295. The highest BCUT2D eigenvalue weighted by atomic mass is 79.9. The van der Waals surface area contributed by atoms with Gasteiger partial charge in [-0.2, -0.15) is 5.10 Å². The highest BCUT2D eigenvalue weighted by Crippen LogP contribution is 2.26. The first-order valence-corrected chi connectivity index (χ1v) is 6.58. The fourth-order valence-corrected chi connectivity index (χ4v) is 2.59. The predicted octanol–water partition coefficient (Wildman–Crippen LogP) is 2.76. The highest BCUT2D eigenvalue weighted by molar-refractivity contribution is 9.10. The molecule has 86 valence electrons. The Bertz CT molecular complexity index is 480. The zero-order chi connectivity index (χ0) is 11.7. The van der Waals surface area contributed by atoms with E-state index in [2.05, 4.69) is 26.0 Å². The second-order valence-electron chi connectivity index (χ2n) is 3.76. The van der Waals surface area contributed by atoms with E-state index in [9.17, 15) is 5.11 Å². The lowest BCUT2D eigenvalue weighted by Gasteiger charge is -2.05. The van der Waals surface area contributed by atoms with E-state index in [0.717, 1.165) is 10.2 Å². The van der Waals surface area contributed by atoms with Gasteiger partial charge in [0.05, 0.1) is 6.20 Å². The van der Waals surface area contributed by atoms with Crippen LogP contribution in [0.4, 0.5) is 0 Å². The second kappa shape index (κ2) is 4.65. The maximum Gasteiger partial charge on any atom is 0.134 e. The number of rotatable bonds is 3. The van der Waals surface area contributed by atoms with Gasteiger partial charge in [0, 0.05) is 23.2 Å². The monoisotopic (exact) mass is 301 g/mol. The van der Waals surface area contributed by atoms with Crippen molar-refractivity contribution in [2.75, 3.05) is 0 Å². The van der Waals surface area contributed by atoms with E-state index in [0.29, 0.717) is 11.0 Å². The van der Waals surface area contributed by atoms with Crippen molar-refractivity contribution in [1.82, 2.24) is 14.8 Å². The molecule has 0 aromatic carbocycles. The van der Waals surface area contributed by atoms with Crippen molar-refractivity contribution in [3.05, 3.63) is 32.9 Å². The Balaban J connectivity index is 2.23. The van der Waals surface area contributed by atoms with E-state index in [4.69, 9.17) is 0 Å². The molecule has 0 saturated heterocycles. The minimum Gasteiger partial charge on any atom is -0.381 e. The molecule has 0 aliphatic heterocycles. The Hall–Kier alpha value is -0.720. The van der Waals surface area contributed by atoms with Crippen LogP contribution in [0.15, 0.2) is 22.4 Å². The largest absolute Gasteiger partial charge is 0.381 e. The molecule has 0 saturated carbocycles. The molecule has 0 fully saturated rings. The summed E-state index contributed by atoms with van der Waals surface area (Å²) in [5.41, 5.74) is 0.774. The molecule has 0 aliphatic carbocycles. The van der Waals surface area contributed by atoms with Crippen LogP contribution in [0.25, 0.3) is 0 Å². The van der Waals surface area contributed by atoms with Crippen LogP contribution in [-0.2, 0) is 0 Å². The zero-order valence-corrected chi connectivity index (χ0v) is 11.4. The van der Waals surface area contributed by atoms with Gasteiger partial charge >= 0.3 is 0 Å². The van der Waals surface area contributed by atoms with E-state index in [1.165, 1.54) is 11.3 Å². The molecule has 1 atom stereocenters. The predicted molar refractivity (Wildman–Crippen MR) is 66.5 cm³/mol. The van der Waals surface area contributed by atoms with Gasteiger partial charge in [0.25, 0.3) is 0 Å². The van der Waals surface area contributed by atoms with Crippen LogP contribution < -0.4 is 0 Å². The number of nitrogens with zero attached hydrogens (tertiary/aromatic N) is 3. The molecule has 4 nitrogen and oxygen atoms in total. The summed E-state index contributed by atoms with van der Waals surface area (Å²) in [6, 6.07) is 0.295. The molecular weight excluding hydrogens is 290 g/mol. The molecule has 2 heterocycles. The van der Waals surface area contributed by atoms with Crippen molar-refractivity contribution < 1.29 is 5.11 Å². The molecule has 1 N–H and O–H groups in total. The van der Waals surface area contributed by atoms with Crippen LogP contribution in [0.1, 0.15) is 36.6 Å². The summed E-state index contributed by atoms with van der Waals surface area (Å²) < 4.78 is 2.57. The highest BCUT2D eigenvalue weighted by Gasteiger charge is 2.16. The normalized spacial score (nSPS) is 13.3. The first-order chi connectivity index (χ1) is 7.58. The van der Waals surface area contributed by atoms with E-state index >= 15 is 0 Å². The van der Waals surface area contributed by atoms with Crippen molar-refractivity contribution in [2.24, 2.45) is 0 Å². The first kappa shape index (κ1) is 11.8. The Labute approximate surface area is 106 Å². The third kappa shape index (κ3) is 2.34. The Kier molecular flexibility index (Phi) is 3.41. The van der Waals surface area contributed by atoms with Crippen molar-refractivity contribution in [3.8, 4) is 0 Å². The average Bonchev–Trinajstić information content (AvgIpc) is 2.84. The van der Waals surface area contributed by atoms with Crippen LogP contribution in [-0.4, -0.2) is 19.9 Å². The third-order valence-electron chi connectivity index (χ3n) is 2.19. The Morgan fingerprint density at radius 1 is 1.50 bits per heavy atom. The number of hydrogen-bond acceptors (Lipinski definition) is 4. The quantitative estimate of drug-likeness (QED) is 0.948. The van der Waals surface area contributed by atoms with Gasteiger partial charge in [-0.15, -0.1) is 11.3 Å². The van der Waals surface area contributed by atoms with Gasteiger partial charge in [-0.05, 0) is 29.8 Å². The van der Waals surface area contributed by atoms with Gasteiger partial charge in [-0.3, -0.25) is 4.68 Å². The molecule has 0 bridgehead atoms. The van der Waals surface area contributed by atoms with Gasteiger partial charge in [-0.25, -0.2) is 4.98 Å². The van der Waals surface area contributed by atoms with Gasteiger partial charge in [0.15, 0.2) is 0 Å². The van der Waals surface area contributed by atoms with Crippen LogP contribution in [0.5, 0.6) is 0 Å². The fraction of sp³-hybridized carbons (Fsp3) is 0.400. The Morgan fingerprint density at radius 2 is 2.25 bits per heavy atom. The number of thiazole rings is 1. The van der Waals surface area contributed by atoms with Crippen molar-refractivity contribution in [1.29, 1.82) is 0 Å². The van der Waals surface area contributed by atoms with E-state index < -0.39 is 6.10 Å². The van der Waals surface area contributed by atoms with E-state index in [1.807, 2.05) is 30.1 Å². The lowest BCUT2D eigenvalue weighted by atomic mass is 10.2. The summed E-state index contributed by atoms with van der Waals surface area (Å²) in [7, 11) is 0. The lowest BCUT2D eigenvalue weighted by Crippen LogP contribution is -2.01. The molecule has 2 rings (SSSR count). The third-order valence-corrected chi connectivity index (χ3v) is 3.80. The molecule has 0 spiro atoms. The number of aromatic nitrogens is 3. The van der Waals surface area contributed by atoms with Crippen molar-refractivity contribution >= 4 is 27.3 Å². The van der Waals surface area contributed by atoms with E-state index in [-0.39, 0.29) is 0 Å². The molecule has 1 unspecified atom stereocenters.